The van der Waals surface area contributed by atoms with Crippen LogP contribution in [0.25, 0.3) is 0 Å². The molecule has 8 nitrogen and oxygen atoms in total. The first kappa shape index (κ1) is 27.1. The number of ketones is 1. The molecule has 0 saturated carbocycles. The number of carbonyl (C=O) groups is 2. The quantitative estimate of drug-likeness (QED) is 0.508. The Balaban J connectivity index is 1.82. The number of carbonyl (C=O) groups excluding carboxylic acids is 2. The Hall–Kier alpha value is -3.94. The summed E-state index contributed by atoms with van der Waals surface area (Å²) in [5.74, 6) is 0.648. The fraction of sp³-hybridized carbons (Fsp3) is 0.400. The molecule has 8 heteroatoms. The van der Waals surface area contributed by atoms with Gasteiger partial charge in [-0.25, -0.2) is 4.79 Å². The third kappa shape index (κ3) is 4.95. The topological polar surface area (TPSA) is 106 Å². The first-order chi connectivity index (χ1) is 18.0. The van der Waals surface area contributed by atoms with E-state index in [2.05, 4.69) is 0 Å². The second kappa shape index (κ2) is 10.4. The maximum absolute atomic E-state index is 13.5. The normalized spacial score (nSPS) is 18.5. The largest absolute Gasteiger partial charge is 0.493 e. The number of methoxy groups -OCH3 is 3. The van der Waals surface area contributed by atoms with Crippen molar-refractivity contribution in [2.45, 2.75) is 53.1 Å². The third-order valence-electron chi connectivity index (χ3n) is 7.15. The zero-order valence-electron chi connectivity index (χ0n) is 23.0. The fourth-order valence-electron chi connectivity index (χ4n) is 5.30. The zero-order chi connectivity index (χ0) is 27.8. The Morgan fingerprint density at radius 3 is 2.32 bits per heavy atom. The van der Waals surface area contributed by atoms with E-state index in [0.29, 0.717) is 41.4 Å². The van der Waals surface area contributed by atoms with Crippen LogP contribution in [0.3, 0.4) is 0 Å². The molecule has 202 valence electrons. The minimum absolute atomic E-state index is 0.0392. The van der Waals surface area contributed by atoms with Gasteiger partial charge in [0.05, 0.1) is 27.2 Å². The third-order valence-corrected chi connectivity index (χ3v) is 7.15. The van der Waals surface area contributed by atoms with Gasteiger partial charge in [-0.05, 0) is 53.6 Å². The maximum Gasteiger partial charge on any atom is 0.340 e. The molecule has 1 aliphatic heterocycles. The summed E-state index contributed by atoms with van der Waals surface area (Å²) < 4.78 is 28.1. The molecule has 2 aromatic carbocycles. The molecule has 0 aromatic heterocycles. The van der Waals surface area contributed by atoms with Gasteiger partial charge in [0.1, 0.15) is 17.9 Å². The number of benzene rings is 2. The number of esters is 1. The summed E-state index contributed by atoms with van der Waals surface area (Å²) in [5.41, 5.74) is 10.2. The van der Waals surface area contributed by atoms with Crippen molar-refractivity contribution in [1.82, 2.24) is 0 Å². The molecule has 0 spiro atoms. The lowest BCUT2D eigenvalue weighted by atomic mass is 9.69. The molecule has 1 aliphatic carbocycles. The minimum Gasteiger partial charge on any atom is -0.493 e. The van der Waals surface area contributed by atoms with Gasteiger partial charge in [0.15, 0.2) is 17.3 Å². The molecule has 1 unspecified atom stereocenters. The van der Waals surface area contributed by atoms with Gasteiger partial charge in [0, 0.05) is 18.4 Å². The second-order valence-corrected chi connectivity index (χ2v) is 10.5. The van der Waals surface area contributed by atoms with Crippen LogP contribution in [0.15, 0.2) is 53.1 Å². The standard InChI is InChI=1S/C30H35NO7/c1-16-11-17(2)19(12-18(16)15-37-27-21(34-5)9-8-10-22(27)35-6)24-25-20(32)13-30(3,4)14-23(25)38-28(31)26(24)29(33)36-7/h8-12,24H,13-15,31H2,1-7H3. The SMILES string of the molecule is COC(=O)C1=C(N)OC2=C(C(=O)CC(C)(C)C2)C1c1cc(COc2c(OC)cccc2OC)c(C)cc1C. The van der Waals surface area contributed by atoms with Gasteiger partial charge in [0.25, 0.3) is 0 Å². The van der Waals surface area contributed by atoms with Gasteiger partial charge in [-0.3, -0.25) is 4.79 Å². The summed E-state index contributed by atoms with van der Waals surface area (Å²) >= 11 is 0. The summed E-state index contributed by atoms with van der Waals surface area (Å²) in [6, 6.07) is 9.41. The molecule has 2 aliphatic rings. The van der Waals surface area contributed by atoms with Crippen molar-refractivity contribution < 1.29 is 33.3 Å². The molecule has 0 bridgehead atoms. The molecule has 0 amide bonds. The zero-order valence-corrected chi connectivity index (χ0v) is 23.0. The first-order valence-electron chi connectivity index (χ1n) is 12.5. The Morgan fingerprint density at radius 1 is 1.05 bits per heavy atom. The van der Waals surface area contributed by atoms with Crippen LogP contribution in [0.5, 0.6) is 17.2 Å². The predicted octanol–water partition coefficient (Wildman–Crippen LogP) is 5.00. The Bertz CT molecular complexity index is 1330. The maximum atomic E-state index is 13.5. The van der Waals surface area contributed by atoms with E-state index in [1.807, 2.05) is 45.9 Å². The van der Waals surface area contributed by atoms with Crippen LogP contribution in [0, 0.1) is 19.3 Å². The minimum atomic E-state index is -0.713. The molecule has 1 heterocycles. The number of hydrogen-bond donors (Lipinski definition) is 1. The van der Waals surface area contributed by atoms with Crippen molar-refractivity contribution in [3.63, 3.8) is 0 Å². The molecule has 0 radical (unpaired) electrons. The van der Waals surface area contributed by atoms with Crippen molar-refractivity contribution >= 4 is 11.8 Å². The molecular formula is C30H35NO7. The number of hydrogen-bond acceptors (Lipinski definition) is 8. The van der Waals surface area contributed by atoms with Crippen LogP contribution >= 0.6 is 0 Å². The van der Waals surface area contributed by atoms with Crippen LogP contribution in [-0.4, -0.2) is 33.1 Å². The molecule has 4 rings (SSSR count). The Morgan fingerprint density at radius 2 is 1.71 bits per heavy atom. The van der Waals surface area contributed by atoms with Crippen molar-refractivity contribution in [1.29, 1.82) is 0 Å². The second-order valence-electron chi connectivity index (χ2n) is 10.5. The number of rotatable bonds is 7. The van der Waals surface area contributed by atoms with E-state index in [0.717, 1.165) is 22.3 Å². The fourth-order valence-corrected chi connectivity index (χ4v) is 5.30. The lowest BCUT2D eigenvalue weighted by Gasteiger charge is -2.38. The lowest BCUT2D eigenvalue weighted by Crippen LogP contribution is -2.35. The smallest absolute Gasteiger partial charge is 0.340 e. The number of Topliss-reactive ketones (excluding diaryl/α,β-unsaturated/α-hetero) is 1. The van der Waals surface area contributed by atoms with Gasteiger partial charge in [-0.2, -0.15) is 0 Å². The lowest BCUT2D eigenvalue weighted by molar-refractivity contribution is -0.136. The Kier molecular flexibility index (Phi) is 7.44. The number of aryl methyl sites for hydroxylation is 2. The molecule has 1 atom stereocenters. The van der Waals surface area contributed by atoms with Crippen LogP contribution in [0.2, 0.25) is 0 Å². The van der Waals surface area contributed by atoms with E-state index >= 15 is 0 Å². The highest BCUT2D eigenvalue weighted by Gasteiger charge is 2.45. The van der Waals surface area contributed by atoms with E-state index in [1.165, 1.54) is 7.11 Å². The molecular weight excluding hydrogens is 486 g/mol. The van der Waals surface area contributed by atoms with Crippen LogP contribution in [-0.2, 0) is 25.7 Å². The average Bonchev–Trinajstić information content (AvgIpc) is 2.86. The summed E-state index contributed by atoms with van der Waals surface area (Å²) in [5, 5.41) is 0. The van der Waals surface area contributed by atoms with Gasteiger partial charge < -0.3 is 29.4 Å². The van der Waals surface area contributed by atoms with Gasteiger partial charge in [0.2, 0.25) is 11.6 Å². The summed E-state index contributed by atoms with van der Waals surface area (Å²) in [4.78, 5) is 26.5. The van der Waals surface area contributed by atoms with Crippen LogP contribution in [0.1, 0.15) is 54.9 Å². The predicted molar refractivity (Wildman–Crippen MR) is 142 cm³/mol. The van der Waals surface area contributed by atoms with Crippen molar-refractivity contribution in [2.24, 2.45) is 11.1 Å². The van der Waals surface area contributed by atoms with E-state index in [9.17, 15) is 9.59 Å². The van der Waals surface area contributed by atoms with E-state index in [-0.39, 0.29) is 29.3 Å². The summed E-state index contributed by atoms with van der Waals surface area (Å²) in [7, 11) is 4.43. The Labute approximate surface area is 223 Å². The highest BCUT2D eigenvalue weighted by molar-refractivity contribution is 6.03. The van der Waals surface area contributed by atoms with Crippen LogP contribution in [0.4, 0.5) is 0 Å². The van der Waals surface area contributed by atoms with E-state index in [1.54, 1.807) is 26.4 Å². The molecule has 38 heavy (non-hydrogen) atoms. The van der Waals surface area contributed by atoms with Gasteiger partial charge in [-0.15, -0.1) is 0 Å². The number of allylic oxidation sites excluding steroid dienone is 2. The molecule has 2 N–H and O–H groups in total. The molecule has 2 aromatic rings. The van der Waals surface area contributed by atoms with Gasteiger partial charge >= 0.3 is 5.97 Å². The van der Waals surface area contributed by atoms with Crippen molar-refractivity contribution in [3.05, 3.63) is 75.4 Å². The van der Waals surface area contributed by atoms with Crippen LogP contribution < -0.4 is 19.9 Å². The first-order valence-corrected chi connectivity index (χ1v) is 12.5. The monoisotopic (exact) mass is 521 g/mol. The highest BCUT2D eigenvalue weighted by atomic mass is 16.5. The summed E-state index contributed by atoms with van der Waals surface area (Å²) in [6.45, 7) is 8.18. The van der Waals surface area contributed by atoms with Crippen molar-refractivity contribution in [2.75, 3.05) is 21.3 Å². The average molecular weight is 522 g/mol. The molecule has 0 saturated heterocycles. The van der Waals surface area contributed by atoms with E-state index in [4.69, 9.17) is 29.4 Å². The number of ether oxygens (including phenoxy) is 5. The number of nitrogens with two attached hydrogens (primary N) is 1. The van der Waals surface area contributed by atoms with Gasteiger partial charge in [-0.1, -0.05) is 32.0 Å². The van der Waals surface area contributed by atoms with E-state index < -0.39 is 11.9 Å². The molecule has 0 fully saturated rings. The highest BCUT2D eigenvalue weighted by Crippen LogP contribution is 2.49. The number of para-hydroxylation sites is 1. The van der Waals surface area contributed by atoms with Crippen molar-refractivity contribution in [3.8, 4) is 17.2 Å². The summed E-state index contributed by atoms with van der Waals surface area (Å²) in [6.07, 6.45) is 0.878.